The highest BCUT2D eigenvalue weighted by Gasteiger charge is 2.13. The highest BCUT2D eigenvalue weighted by molar-refractivity contribution is 7.71. The topological polar surface area (TPSA) is 46.8 Å². The van der Waals surface area contributed by atoms with Crippen molar-refractivity contribution in [2.75, 3.05) is 0 Å². The Labute approximate surface area is 120 Å². The molecule has 0 amide bonds. The van der Waals surface area contributed by atoms with Gasteiger partial charge in [-0.3, -0.25) is 0 Å². The molecule has 2 aromatic heterocycles. The summed E-state index contributed by atoms with van der Waals surface area (Å²) in [6, 6.07) is 5.72. The summed E-state index contributed by atoms with van der Waals surface area (Å²) in [5.74, 6) is 0.806. The number of hydrogen-bond acceptors (Lipinski definition) is 3. The SMILES string of the molecule is Cc1noc(C)c1Cn1c(=S)[nH]c2cccc(Cl)c21. The first-order valence-electron chi connectivity index (χ1n) is 5.86. The maximum Gasteiger partial charge on any atom is 0.178 e. The first kappa shape index (κ1) is 12.4. The Hall–Kier alpha value is -1.59. The number of H-pyrrole nitrogens is 1. The van der Waals surface area contributed by atoms with Crippen molar-refractivity contribution in [3.63, 3.8) is 0 Å². The molecule has 0 radical (unpaired) electrons. The van der Waals surface area contributed by atoms with Crippen molar-refractivity contribution >= 4 is 34.9 Å². The number of aryl methyl sites for hydroxylation is 2. The molecule has 0 spiro atoms. The third-order valence-electron chi connectivity index (χ3n) is 3.24. The van der Waals surface area contributed by atoms with Crippen LogP contribution in [-0.4, -0.2) is 14.7 Å². The summed E-state index contributed by atoms with van der Waals surface area (Å²) in [6.45, 7) is 4.42. The van der Waals surface area contributed by atoms with Crippen LogP contribution in [0.3, 0.4) is 0 Å². The van der Waals surface area contributed by atoms with E-state index in [0.717, 1.165) is 28.1 Å². The van der Waals surface area contributed by atoms with E-state index in [0.29, 0.717) is 16.3 Å². The van der Waals surface area contributed by atoms with Gasteiger partial charge < -0.3 is 14.1 Å². The van der Waals surface area contributed by atoms with Crippen LogP contribution in [0.25, 0.3) is 11.0 Å². The Balaban J connectivity index is 2.21. The lowest BCUT2D eigenvalue weighted by atomic mass is 10.2. The molecule has 0 unspecified atom stereocenters. The molecule has 0 aliphatic rings. The minimum atomic E-state index is 0.601. The number of fused-ring (bicyclic) bond motifs is 1. The number of aromatic nitrogens is 3. The number of nitrogens with zero attached hydrogens (tertiary/aromatic N) is 2. The summed E-state index contributed by atoms with van der Waals surface area (Å²) in [7, 11) is 0. The molecule has 3 aromatic rings. The predicted molar refractivity (Wildman–Crippen MR) is 77.2 cm³/mol. The van der Waals surface area contributed by atoms with E-state index in [-0.39, 0.29) is 0 Å². The average molecular weight is 294 g/mol. The largest absolute Gasteiger partial charge is 0.361 e. The van der Waals surface area contributed by atoms with Crippen LogP contribution >= 0.6 is 23.8 Å². The van der Waals surface area contributed by atoms with Crippen molar-refractivity contribution in [3.05, 3.63) is 45.0 Å². The molecule has 1 N–H and O–H groups in total. The predicted octanol–water partition coefficient (Wildman–Crippen LogP) is 4.01. The summed E-state index contributed by atoms with van der Waals surface area (Å²) >= 11 is 11.6. The van der Waals surface area contributed by atoms with Crippen LogP contribution in [0.15, 0.2) is 22.7 Å². The van der Waals surface area contributed by atoms with Crippen molar-refractivity contribution < 1.29 is 4.52 Å². The molecular formula is C13H12ClN3OS. The number of hydrogen-bond donors (Lipinski definition) is 1. The third kappa shape index (κ3) is 1.99. The van der Waals surface area contributed by atoms with E-state index in [1.165, 1.54) is 0 Å². The molecule has 0 aliphatic carbocycles. The summed E-state index contributed by atoms with van der Waals surface area (Å²) in [5.41, 5.74) is 3.76. The van der Waals surface area contributed by atoms with Crippen LogP contribution < -0.4 is 0 Å². The quantitative estimate of drug-likeness (QED) is 0.726. The van der Waals surface area contributed by atoms with Crippen LogP contribution in [0.1, 0.15) is 17.0 Å². The normalized spacial score (nSPS) is 11.3. The second kappa shape index (κ2) is 4.51. The molecule has 3 rings (SSSR count). The molecule has 2 heterocycles. The molecule has 4 nitrogen and oxygen atoms in total. The van der Waals surface area contributed by atoms with Crippen LogP contribution in [0, 0.1) is 18.6 Å². The fourth-order valence-electron chi connectivity index (χ4n) is 2.21. The molecule has 19 heavy (non-hydrogen) atoms. The first-order chi connectivity index (χ1) is 9.08. The lowest BCUT2D eigenvalue weighted by molar-refractivity contribution is 0.392. The zero-order valence-electron chi connectivity index (χ0n) is 10.5. The van der Waals surface area contributed by atoms with Gasteiger partial charge in [-0.2, -0.15) is 0 Å². The van der Waals surface area contributed by atoms with Gasteiger partial charge in [0.05, 0.1) is 28.3 Å². The summed E-state index contributed by atoms with van der Waals surface area (Å²) in [6.07, 6.45) is 0. The maximum absolute atomic E-state index is 6.27. The number of rotatable bonds is 2. The highest BCUT2D eigenvalue weighted by atomic mass is 35.5. The van der Waals surface area contributed by atoms with Gasteiger partial charge in [0.2, 0.25) is 0 Å². The lowest BCUT2D eigenvalue weighted by Crippen LogP contribution is -2.02. The number of aromatic amines is 1. The van der Waals surface area contributed by atoms with Crippen LogP contribution in [0.5, 0.6) is 0 Å². The van der Waals surface area contributed by atoms with Crippen LogP contribution in [0.4, 0.5) is 0 Å². The minimum Gasteiger partial charge on any atom is -0.361 e. The van der Waals surface area contributed by atoms with E-state index < -0.39 is 0 Å². The van der Waals surface area contributed by atoms with Gasteiger partial charge in [0, 0.05) is 5.56 Å². The number of imidazole rings is 1. The van der Waals surface area contributed by atoms with Gasteiger partial charge in [0.1, 0.15) is 5.76 Å². The first-order valence-corrected chi connectivity index (χ1v) is 6.65. The van der Waals surface area contributed by atoms with Gasteiger partial charge in [-0.15, -0.1) is 0 Å². The van der Waals surface area contributed by atoms with Crippen molar-refractivity contribution in [3.8, 4) is 0 Å². The number of nitrogens with one attached hydrogen (secondary N) is 1. The molecule has 98 valence electrons. The molecule has 1 aromatic carbocycles. The van der Waals surface area contributed by atoms with Gasteiger partial charge in [-0.05, 0) is 38.2 Å². The Morgan fingerprint density at radius 3 is 2.89 bits per heavy atom. The zero-order chi connectivity index (χ0) is 13.6. The van der Waals surface area contributed by atoms with Gasteiger partial charge in [-0.1, -0.05) is 22.8 Å². The van der Waals surface area contributed by atoms with E-state index in [1.54, 1.807) is 0 Å². The van der Waals surface area contributed by atoms with E-state index in [4.69, 9.17) is 28.3 Å². The van der Waals surface area contributed by atoms with Crippen molar-refractivity contribution in [2.24, 2.45) is 0 Å². The number of benzene rings is 1. The average Bonchev–Trinajstić information content (AvgIpc) is 2.85. The van der Waals surface area contributed by atoms with E-state index in [9.17, 15) is 0 Å². The molecule has 0 fully saturated rings. The summed E-state index contributed by atoms with van der Waals surface area (Å²) < 4.78 is 7.80. The van der Waals surface area contributed by atoms with Gasteiger partial charge in [-0.25, -0.2) is 0 Å². The van der Waals surface area contributed by atoms with Crippen LogP contribution in [0.2, 0.25) is 5.02 Å². The second-order valence-corrected chi connectivity index (χ2v) is 5.25. The van der Waals surface area contributed by atoms with Crippen molar-refractivity contribution in [1.82, 2.24) is 14.7 Å². The number of para-hydroxylation sites is 1. The van der Waals surface area contributed by atoms with E-state index in [2.05, 4.69) is 10.1 Å². The van der Waals surface area contributed by atoms with Gasteiger partial charge >= 0.3 is 0 Å². The fraction of sp³-hybridized carbons (Fsp3) is 0.231. The lowest BCUT2D eigenvalue weighted by Gasteiger charge is -2.05. The van der Waals surface area contributed by atoms with Gasteiger partial charge in [0.15, 0.2) is 4.77 Å². The Morgan fingerprint density at radius 1 is 1.42 bits per heavy atom. The zero-order valence-corrected chi connectivity index (χ0v) is 12.1. The molecule has 0 aliphatic heterocycles. The second-order valence-electron chi connectivity index (χ2n) is 4.46. The van der Waals surface area contributed by atoms with E-state index in [1.807, 2.05) is 36.6 Å². The Bertz CT molecular complexity index is 796. The summed E-state index contributed by atoms with van der Waals surface area (Å²) in [4.78, 5) is 3.16. The third-order valence-corrected chi connectivity index (χ3v) is 3.87. The standard InChI is InChI=1S/C13H12ClN3OS/c1-7-9(8(2)18-16-7)6-17-12-10(14)4-3-5-11(12)15-13(17)19/h3-5H,6H2,1-2H3,(H,15,19). The Kier molecular flexibility index (Phi) is 2.95. The van der Waals surface area contributed by atoms with Gasteiger partial charge in [0.25, 0.3) is 0 Å². The Morgan fingerprint density at radius 2 is 2.21 bits per heavy atom. The smallest absolute Gasteiger partial charge is 0.178 e. The van der Waals surface area contributed by atoms with E-state index >= 15 is 0 Å². The molecule has 0 saturated carbocycles. The minimum absolute atomic E-state index is 0.601. The highest BCUT2D eigenvalue weighted by Crippen LogP contribution is 2.25. The fourth-order valence-corrected chi connectivity index (χ4v) is 2.75. The number of halogens is 1. The maximum atomic E-state index is 6.27. The van der Waals surface area contributed by atoms with Crippen LogP contribution in [-0.2, 0) is 6.54 Å². The molecule has 6 heteroatoms. The molecule has 0 atom stereocenters. The molecule has 0 saturated heterocycles. The molecular weight excluding hydrogens is 282 g/mol. The monoisotopic (exact) mass is 293 g/mol. The van der Waals surface area contributed by atoms with Crippen molar-refractivity contribution in [2.45, 2.75) is 20.4 Å². The van der Waals surface area contributed by atoms with Crippen molar-refractivity contribution in [1.29, 1.82) is 0 Å². The molecule has 0 bridgehead atoms. The summed E-state index contributed by atoms with van der Waals surface area (Å²) in [5, 5.41) is 4.64.